The standard InChI is InChI=1S/C11H11FO5/c1-15-7-5-4-6(8(12)10(7)16-2)9(13)11(14)17-3/h4-5H,1-3H3. The van der Waals surface area contributed by atoms with Crippen LogP contribution in [0.1, 0.15) is 10.4 Å². The van der Waals surface area contributed by atoms with Gasteiger partial charge in [-0.3, -0.25) is 4.79 Å². The highest BCUT2D eigenvalue weighted by molar-refractivity contribution is 6.40. The number of carbonyl (C=O) groups excluding carboxylic acids is 2. The van der Waals surface area contributed by atoms with Crippen LogP contribution in [0, 0.1) is 5.82 Å². The van der Waals surface area contributed by atoms with Crippen LogP contribution in [0.15, 0.2) is 12.1 Å². The normalized spacial score (nSPS) is 9.65. The first-order chi connectivity index (χ1) is 8.06. The van der Waals surface area contributed by atoms with Gasteiger partial charge in [-0.05, 0) is 12.1 Å². The number of hydrogen-bond acceptors (Lipinski definition) is 5. The lowest BCUT2D eigenvalue weighted by Gasteiger charge is -2.10. The molecule has 0 aliphatic carbocycles. The van der Waals surface area contributed by atoms with Crippen molar-refractivity contribution in [1.29, 1.82) is 0 Å². The van der Waals surface area contributed by atoms with E-state index in [2.05, 4.69) is 4.74 Å². The summed E-state index contributed by atoms with van der Waals surface area (Å²) in [5, 5.41) is 0. The molecule has 0 N–H and O–H groups in total. The zero-order valence-electron chi connectivity index (χ0n) is 9.57. The molecule has 0 spiro atoms. The second kappa shape index (κ2) is 5.29. The first-order valence-corrected chi connectivity index (χ1v) is 4.60. The number of Topliss-reactive ketones (excluding diaryl/α,β-unsaturated/α-hetero) is 1. The van der Waals surface area contributed by atoms with Gasteiger partial charge >= 0.3 is 5.97 Å². The van der Waals surface area contributed by atoms with Crippen LogP contribution in [-0.4, -0.2) is 33.1 Å². The lowest BCUT2D eigenvalue weighted by molar-refractivity contribution is -0.135. The van der Waals surface area contributed by atoms with Crippen molar-refractivity contribution in [3.8, 4) is 11.5 Å². The molecular weight excluding hydrogens is 231 g/mol. The van der Waals surface area contributed by atoms with Gasteiger partial charge in [0.1, 0.15) is 0 Å². The van der Waals surface area contributed by atoms with Gasteiger partial charge in [0, 0.05) is 0 Å². The van der Waals surface area contributed by atoms with Crippen LogP contribution in [0.5, 0.6) is 11.5 Å². The van der Waals surface area contributed by atoms with Gasteiger partial charge in [0.25, 0.3) is 5.78 Å². The maximum Gasteiger partial charge on any atom is 0.379 e. The monoisotopic (exact) mass is 242 g/mol. The molecule has 0 unspecified atom stereocenters. The minimum atomic E-state index is -1.14. The van der Waals surface area contributed by atoms with Gasteiger partial charge in [-0.15, -0.1) is 0 Å². The maximum atomic E-state index is 13.8. The first kappa shape index (κ1) is 13.0. The summed E-state index contributed by atoms with van der Waals surface area (Å²) < 4.78 is 27.7. The van der Waals surface area contributed by atoms with Gasteiger partial charge in [0.15, 0.2) is 17.3 Å². The number of rotatable bonds is 4. The van der Waals surface area contributed by atoms with Crippen molar-refractivity contribution in [2.75, 3.05) is 21.3 Å². The number of hydrogen-bond donors (Lipinski definition) is 0. The number of methoxy groups -OCH3 is 3. The summed E-state index contributed by atoms with van der Waals surface area (Å²) in [4.78, 5) is 22.5. The zero-order valence-corrected chi connectivity index (χ0v) is 9.57. The fourth-order valence-electron chi connectivity index (χ4n) is 1.27. The molecule has 0 aromatic heterocycles. The third kappa shape index (κ3) is 2.35. The lowest BCUT2D eigenvalue weighted by Crippen LogP contribution is -2.17. The van der Waals surface area contributed by atoms with Gasteiger partial charge in [-0.25, -0.2) is 9.18 Å². The van der Waals surface area contributed by atoms with Crippen molar-refractivity contribution in [2.24, 2.45) is 0 Å². The molecule has 0 aliphatic heterocycles. The zero-order chi connectivity index (χ0) is 13.0. The van der Waals surface area contributed by atoms with E-state index in [4.69, 9.17) is 9.47 Å². The number of benzene rings is 1. The number of esters is 1. The molecule has 0 atom stereocenters. The van der Waals surface area contributed by atoms with Crippen LogP contribution in [0.2, 0.25) is 0 Å². The summed E-state index contributed by atoms with van der Waals surface area (Å²) in [6, 6.07) is 2.47. The Hall–Kier alpha value is -2.11. The highest BCUT2D eigenvalue weighted by atomic mass is 19.1. The summed E-state index contributed by atoms with van der Waals surface area (Å²) in [7, 11) is 3.60. The van der Waals surface area contributed by atoms with Crippen LogP contribution in [0.4, 0.5) is 4.39 Å². The van der Waals surface area contributed by atoms with Crippen LogP contribution in [-0.2, 0) is 9.53 Å². The molecule has 0 bridgehead atoms. The molecule has 17 heavy (non-hydrogen) atoms. The number of carbonyl (C=O) groups is 2. The average Bonchev–Trinajstić information content (AvgIpc) is 2.36. The Morgan fingerprint density at radius 1 is 1.12 bits per heavy atom. The van der Waals surface area contributed by atoms with E-state index >= 15 is 0 Å². The van der Waals surface area contributed by atoms with E-state index in [-0.39, 0.29) is 11.5 Å². The molecule has 0 radical (unpaired) electrons. The number of ether oxygens (including phenoxy) is 3. The Bertz CT molecular complexity index is 455. The molecule has 92 valence electrons. The minimum absolute atomic E-state index is 0.131. The molecule has 0 heterocycles. The molecule has 1 rings (SSSR count). The van der Waals surface area contributed by atoms with Gasteiger partial charge < -0.3 is 14.2 Å². The fourth-order valence-corrected chi connectivity index (χ4v) is 1.27. The average molecular weight is 242 g/mol. The summed E-state index contributed by atoms with van der Waals surface area (Å²) in [5.41, 5.74) is -0.422. The van der Waals surface area contributed by atoms with Crippen LogP contribution in [0.25, 0.3) is 0 Å². The van der Waals surface area contributed by atoms with E-state index < -0.39 is 23.1 Å². The number of ketones is 1. The predicted molar refractivity (Wildman–Crippen MR) is 55.9 cm³/mol. The SMILES string of the molecule is COC(=O)C(=O)c1ccc(OC)c(OC)c1F. The predicted octanol–water partition coefficient (Wildman–Crippen LogP) is 1.20. The van der Waals surface area contributed by atoms with Gasteiger partial charge in [0.05, 0.1) is 26.9 Å². The summed E-state index contributed by atoms with van der Waals surface area (Å²) >= 11 is 0. The molecule has 0 saturated heterocycles. The Morgan fingerprint density at radius 2 is 1.76 bits per heavy atom. The Morgan fingerprint density at radius 3 is 2.24 bits per heavy atom. The molecule has 0 saturated carbocycles. The highest BCUT2D eigenvalue weighted by Gasteiger charge is 2.24. The largest absolute Gasteiger partial charge is 0.493 e. The molecule has 5 nitrogen and oxygen atoms in total. The van der Waals surface area contributed by atoms with E-state index in [1.165, 1.54) is 20.3 Å². The highest BCUT2D eigenvalue weighted by Crippen LogP contribution is 2.32. The maximum absolute atomic E-state index is 13.8. The van der Waals surface area contributed by atoms with E-state index in [9.17, 15) is 14.0 Å². The van der Waals surface area contributed by atoms with Crippen molar-refractivity contribution in [2.45, 2.75) is 0 Å². The summed E-state index contributed by atoms with van der Waals surface area (Å²) in [6.45, 7) is 0. The number of halogens is 1. The van der Waals surface area contributed by atoms with Crippen molar-refractivity contribution in [1.82, 2.24) is 0 Å². The van der Waals surface area contributed by atoms with E-state index in [1.54, 1.807) is 0 Å². The van der Waals surface area contributed by atoms with E-state index in [0.717, 1.165) is 13.2 Å². The van der Waals surface area contributed by atoms with Crippen molar-refractivity contribution >= 4 is 11.8 Å². The van der Waals surface area contributed by atoms with Crippen molar-refractivity contribution < 1.29 is 28.2 Å². The molecular formula is C11H11FO5. The smallest absolute Gasteiger partial charge is 0.379 e. The third-order valence-electron chi connectivity index (χ3n) is 2.10. The van der Waals surface area contributed by atoms with Crippen molar-refractivity contribution in [3.05, 3.63) is 23.5 Å². The second-order valence-corrected chi connectivity index (χ2v) is 2.98. The van der Waals surface area contributed by atoms with E-state index in [0.29, 0.717) is 0 Å². The van der Waals surface area contributed by atoms with Crippen LogP contribution < -0.4 is 9.47 Å². The Labute approximate surface area is 97.1 Å². The lowest BCUT2D eigenvalue weighted by atomic mass is 10.1. The molecule has 1 aromatic rings. The summed E-state index contributed by atoms with van der Waals surface area (Å²) in [5.74, 6) is -3.28. The Balaban J connectivity index is 3.28. The Kier molecular flexibility index (Phi) is 4.03. The molecule has 0 fully saturated rings. The minimum Gasteiger partial charge on any atom is -0.493 e. The van der Waals surface area contributed by atoms with Gasteiger partial charge in [0.2, 0.25) is 0 Å². The van der Waals surface area contributed by atoms with Crippen LogP contribution in [0.3, 0.4) is 0 Å². The quantitative estimate of drug-likeness (QED) is 0.451. The first-order valence-electron chi connectivity index (χ1n) is 4.60. The van der Waals surface area contributed by atoms with Gasteiger partial charge in [-0.2, -0.15) is 0 Å². The molecule has 6 heteroatoms. The molecule has 0 aliphatic rings. The summed E-state index contributed by atoms with van der Waals surface area (Å²) in [6.07, 6.45) is 0. The third-order valence-corrected chi connectivity index (χ3v) is 2.10. The topological polar surface area (TPSA) is 61.8 Å². The van der Waals surface area contributed by atoms with Gasteiger partial charge in [-0.1, -0.05) is 0 Å². The second-order valence-electron chi connectivity index (χ2n) is 2.98. The molecule has 1 aromatic carbocycles. The fraction of sp³-hybridized carbons (Fsp3) is 0.273. The van der Waals surface area contributed by atoms with Crippen molar-refractivity contribution in [3.63, 3.8) is 0 Å². The van der Waals surface area contributed by atoms with E-state index in [1.807, 2.05) is 0 Å². The van der Waals surface area contributed by atoms with Crippen LogP contribution >= 0.6 is 0 Å². The molecule has 0 amide bonds.